The van der Waals surface area contributed by atoms with Gasteiger partial charge in [-0.3, -0.25) is 14.6 Å². The Morgan fingerprint density at radius 3 is 2.34 bits per heavy atom. The van der Waals surface area contributed by atoms with E-state index in [0.717, 1.165) is 24.2 Å². The first-order valence-corrected chi connectivity index (χ1v) is 9.41. The van der Waals surface area contributed by atoms with Gasteiger partial charge in [-0.25, -0.2) is 4.79 Å². The Balaban J connectivity index is 0.000000370. The molecule has 1 aromatic rings. The molecule has 2 N–H and O–H groups in total. The third kappa shape index (κ3) is 6.72. The molecule has 1 aromatic heterocycles. The molecule has 0 bridgehead atoms. The highest BCUT2D eigenvalue weighted by Crippen LogP contribution is 2.29. The highest BCUT2D eigenvalue weighted by molar-refractivity contribution is 5.94. The van der Waals surface area contributed by atoms with Gasteiger partial charge in [0.25, 0.3) is 0 Å². The lowest BCUT2D eigenvalue weighted by Gasteiger charge is -2.36. The smallest absolute Gasteiger partial charge is 0.475 e. The van der Waals surface area contributed by atoms with Crippen molar-refractivity contribution in [3.8, 4) is 0 Å². The minimum Gasteiger partial charge on any atom is -0.475 e. The van der Waals surface area contributed by atoms with Crippen LogP contribution in [0.5, 0.6) is 0 Å². The molecule has 1 aliphatic carbocycles. The number of likely N-dealkylation sites (tertiary alicyclic amines) is 1. The topological polar surface area (TPSA) is 99.6 Å². The average molecular weight is 415 g/mol. The van der Waals surface area contributed by atoms with Crippen LogP contribution >= 0.6 is 0 Å². The van der Waals surface area contributed by atoms with Crippen LogP contribution in [0.1, 0.15) is 44.2 Å². The van der Waals surface area contributed by atoms with Gasteiger partial charge >= 0.3 is 12.1 Å². The lowest BCUT2D eigenvalue weighted by atomic mass is 9.95. The molecule has 7 nitrogen and oxygen atoms in total. The largest absolute Gasteiger partial charge is 0.490 e. The van der Waals surface area contributed by atoms with Crippen molar-refractivity contribution in [3.05, 3.63) is 24.0 Å². The fourth-order valence-corrected chi connectivity index (χ4v) is 3.44. The monoisotopic (exact) mass is 415 g/mol. The quantitative estimate of drug-likeness (QED) is 0.790. The fourth-order valence-electron chi connectivity index (χ4n) is 3.44. The Hall–Kier alpha value is -2.65. The third-order valence-corrected chi connectivity index (χ3v) is 5.00. The third-order valence-electron chi connectivity index (χ3n) is 5.00. The number of aliphatic carboxylic acids is 1. The maximum absolute atomic E-state index is 12.4. The zero-order valence-electron chi connectivity index (χ0n) is 16.0. The van der Waals surface area contributed by atoms with E-state index in [1.54, 1.807) is 6.20 Å². The normalized spacial score (nSPS) is 20.1. The van der Waals surface area contributed by atoms with Gasteiger partial charge in [-0.05, 0) is 38.3 Å². The summed E-state index contributed by atoms with van der Waals surface area (Å²) in [5.74, 6) is -2.65. The van der Waals surface area contributed by atoms with Crippen LogP contribution in [0, 0.1) is 12.8 Å². The van der Waals surface area contributed by atoms with Crippen LogP contribution in [0.2, 0.25) is 0 Å². The Morgan fingerprint density at radius 1 is 1.21 bits per heavy atom. The summed E-state index contributed by atoms with van der Waals surface area (Å²) >= 11 is 0. The van der Waals surface area contributed by atoms with Gasteiger partial charge in [0.1, 0.15) is 0 Å². The number of aromatic nitrogens is 1. The number of aryl methyl sites for hydroxylation is 1. The number of rotatable bonds is 3. The molecule has 2 amide bonds. The number of anilines is 1. The number of carboxylic acid groups (broad SMARTS) is 1. The van der Waals surface area contributed by atoms with Gasteiger partial charge in [0, 0.05) is 24.7 Å². The van der Waals surface area contributed by atoms with Crippen molar-refractivity contribution in [2.24, 2.45) is 5.92 Å². The van der Waals surface area contributed by atoms with Crippen LogP contribution in [-0.2, 0) is 14.4 Å². The minimum absolute atomic E-state index is 0.00106. The van der Waals surface area contributed by atoms with E-state index >= 15 is 0 Å². The molecule has 0 radical (unpaired) electrons. The zero-order chi connectivity index (χ0) is 21.6. The Labute approximate surface area is 166 Å². The molecule has 2 fully saturated rings. The van der Waals surface area contributed by atoms with Gasteiger partial charge in [-0.2, -0.15) is 13.2 Å². The molecule has 160 valence electrons. The number of carbonyl (C=O) groups excluding carboxylic acids is 2. The number of nitrogens with zero attached hydrogens (tertiary/aromatic N) is 2. The van der Waals surface area contributed by atoms with Gasteiger partial charge in [0.2, 0.25) is 11.8 Å². The van der Waals surface area contributed by atoms with Crippen molar-refractivity contribution in [1.82, 2.24) is 9.88 Å². The van der Waals surface area contributed by atoms with Gasteiger partial charge in [-0.15, -0.1) is 0 Å². The van der Waals surface area contributed by atoms with Gasteiger partial charge in [-0.1, -0.05) is 12.8 Å². The summed E-state index contributed by atoms with van der Waals surface area (Å²) in [6, 6.07) is 4.09. The van der Waals surface area contributed by atoms with Crippen LogP contribution in [0.25, 0.3) is 0 Å². The number of amides is 2. The molecule has 1 saturated heterocycles. The van der Waals surface area contributed by atoms with E-state index in [4.69, 9.17) is 9.90 Å². The highest BCUT2D eigenvalue weighted by atomic mass is 19.4. The number of alkyl halides is 3. The number of hydrogen-bond acceptors (Lipinski definition) is 4. The molecule has 2 heterocycles. The molecule has 1 unspecified atom stereocenters. The number of carboxylic acids is 1. The summed E-state index contributed by atoms with van der Waals surface area (Å²) in [4.78, 5) is 39.6. The number of carbonyl (C=O) groups is 3. The average Bonchev–Trinajstić information content (AvgIpc) is 3.18. The fraction of sp³-hybridized carbons (Fsp3) is 0.579. The molecule has 1 saturated carbocycles. The summed E-state index contributed by atoms with van der Waals surface area (Å²) in [6.45, 7) is 2.48. The van der Waals surface area contributed by atoms with Gasteiger partial charge < -0.3 is 15.3 Å². The molecule has 10 heteroatoms. The van der Waals surface area contributed by atoms with Crippen LogP contribution < -0.4 is 5.32 Å². The molecule has 1 atom stereocenters. The van der Waals surface area contributed by atoms with Crippen molar-refractivity contribution in [2.75, 3.05) is 11.9 Å². The van der Waals surface area contributed by atoms with E-state index in [0.29, 0.717) is 25.4 Å². The summed E-state index contributed by atoms with van der Waals surface area (Å²) < 4.78 is 31.7. The molecular weight excluding hydrogens is 391 g/mol. The first kappa shape index (κ1) is 22.6. The second-order valence-corrected chi connectivity index (χ2v) is 7.20. The standard InChI is InChI=1S/C17H23N3O2.C2HF3O2/c1-12-6-8-14(10-18-12)19-17(22)13-7-9-16(21)20(11-13)15-4-2-3-5-15;3-2(4,5)1(6)7/h6,8,10,13,15H,2-5,7,9,11H2,1H3,(H,19,22);(H,6,7). The maximum Gasteiger partial charge on any atom is 0.490 e. The lowest BCUT2D eigenvalue weighted by molar-refractivity contribution is -0.192. The Morgan fingerprint density at radius 2 is 1.83 bits per heavy atom. The number of pyridine rings is 1. The van der Waals surface area contributed by atoms with Crippen molar-refractivity contribution >= 4 is 23.5 Å². The van der Waals surface area contributed by atoms with E-state index in [-0.39, 0.29) is 17.7 Å². The SMILES string of the molecule is Cc1ccc(NC(=O)C2CCC(=O)N(C3CCCC3)C2)cn1.O=C(O)C(F)(F)F. The molecular formula is C19H24F3N3O4. The van der Waals surface area contributed by atoms with Crippen LogP contribution in [0.3, 0.4) is 0 Å². The second-order valence-electron chi connectivity index (χ2n) is 7.20. The predicted octanol–water partition coefficient (Wildman–Crippen LogP) is 3.14. The molecule has 2 aliphatic rings. The molecule has 3 rings (SSSR count). The van der Waals surface area contributed by atoms with Gasteiger partial charge in [0.05, 0.1) is 17.8 Å². The molecule has 29 heavy (non-hydrogen) atoms. The first-order valence-electron chi connectivity index (χ1n) is 9.41. The van der Waals surface area contributed by atoms with E-state index in [1.165, 1.54) is 12.8 Å². The van der Waals surface area contributed by atoms with Crippen molar-refractivity contribution in [1.29, 1.82) is 0 Å². The number of nitrogens with one attached hydrogen (secondary N) is 1. The first-order chi connectivity index (χ1) is 13.6. The molecule has 1 aliphatic heterocycles. The zero-order valence-corrected chi connectivity index (χ0v) is 16.0. The predicted molar refractivity (Wildman–Crippen MR) is 98.0 cm³/mol. The maximum atomic E-state index is 12.4. The summed E-state index contributed by atoms with van der Waals surface area (Å²) in [5.41, 5.74) is 1.65. The highest BCUT2D eigenvalue weighted by Gasteiger charge is 2.38. The Bertz CT molecular complexity index is 731. The van der Waals surface area contributed by atoms with Crippen molar-refractivity contribution in [3.63, 3.8) is 0 Å². The van der Waals surface area contributed by atoms with E-state index in [2.05, 4.69) is 10.3 Å². The number of piperidine rings is 1. The summed E-state index contributed by atoms with van der Waals surface area (Å²) in [5, 5.41) is 10.1. The van der Waals surface area contributed by atoms with Gasteiger partial charge in [0.15, 0.2) is 0 Å². The number of halogens is 3. The van der Waals surface area contributed by atoms with E-state index in [1.807, 2.05) is 24.0 Å². The van der Waals surface area contributed by atoms with Crippen molar-refractivity contribution in [2.45, 2.75) is 57.7 Å². The van der Waals surface area contributed by atoms with E-state index in [9.17, 15) is 22.8 Å². The lowest BCUT2D eigenvalue weighted by Crippen LogP contribution is -2.48. The molecule has 0 aromatic carbocycles. The van der Waals surface area contributed by atoms with Crippen LogP contribution in [0.15, 0.2) is 18.3 Å². The molecule has 0 spiro atoms. The van der Waals surface area contributed by atoms with Crippen molar-refractivity contribution < 1.29 is 32.7 Å². The second kappa shape index (κ2) is 9.71. The number of hydrogen-bond donors (Lipinski definition) is 2. The van der Waals surface area contributed by atoms with Crippen LogP contribution in [0.4, 0.5) is 18.9 Å². The summed E-state index contributed by atoms with van der Waals surface area (Å²) in [7, 11) is 0. The Kier molecular flexibility index (Phi) is 7.58. The summed E-state index contributed by atoms with van der Waals surface area (Å²) in [6.07, 6.45) is 2.29. The van der Waals surface area contributed by atoms with Crippen LogP contribution in [-0.4, -0.2) is 51.5 Å². The van der Waals surface area contributed by atoms with E-state index < -0.39 is 12.1 Å². The minimum atomic E-state index is -5.08.